The van der Waals surface area contributed by atoms with Crippen molar-refractivity contribution in [3.05, 3.63) is 47.3 Å². The predicted octanol–water partition coefficient (Wildman–Crippen LogP) is 3.50. The molecular weight excluding hydrogens is 352 g/mol. The fourth-order valence-electron chi connectivity index (χ4n) is 3.86. The van der Waals surface area contributed by atoms with Crippen molar-refractivity contribution in [3.8, 4) is 11.8 Å². The molecule has 152 valence electrons. The Morgan fingerprint density at radius 3 is 2.54 bits per heavy atom. The van der Waals surface area contributed by atoms with Gasteiger partial charge in [0.2, 0.25) is 11.8 Å². The second-order valence-electron chi connectivity index (χ2n) is 7.59. The van der Waals surface area contributed by atoms with E-state index in [9.17, 15) is 0 Å². The minimum Gasteiger partial charge on any atom is -0.481 e. The fourth-order valence-corrected chi connectivity index (χ4v) is 3.86. The number of likely N-dealkylation sites (tertiary alicyclic amines) is 1. The number of aryl methyl sites for hydroxylation is 1. The van der Waals surface area contributed by atoms with Crippen LogP contribution in [0.25, 0.3) is 0 Å². The first-order valence-electron chi connectivity index (χ1n) is 10.2. The van der Waals surface area contributed by atoms with Gasteiger partial charge in [-0.25, -0.2) is 0 Å². The number of hydrogen-bond donors (Lipinski definition) is 1. The van der Waals surface area contributed by atoms with Crippen LogP contribution in [0.5, 0.6) is 11.8 Å². The molecular formula is C22H32N4O2. The molecule has 0 spiro atoms. The van der Waals surface area contributed by atoms with Crippen LogP contribution in [0.1, 0.15) is 56.6 Å². The average molecular weight is 385 g/mol. The van der Waals surface area contributed by atoms with Gasteiger partial charge in [-0.15, -0.1) is 0 Å². The lowest BCUT2D eigenvalue weighted by molar-refractivity contribution is 0.115. The van der Waals surface area contributed by atoms with Crippen LogP contribution in [0.15, 0.2) is 30.3 Å². The van der Waals surface area contributed by atoms with Gasteiger partial charge in [-0.1, -0.05) is 37.3 Å². The van der Waals surface area contributed by atoms with Crippen molar-refractivity contribution in [2.75, 3.05) is 13.7 Å². The third-order valence-electron chi connectivity index (χ3n) is 5.12. The van der Waals surface area contributed by atoms with Crippen LogP contribution in [-0.4, -0.2) is 40.7 Å². The van der Waals surface area contributed by atoms with Gasteiger partial charge in [0.1, 0.15) is 5.82 Å². The maximum Gasteiger partial charge on any atom is 0.225 e. The first-order valence-corrected chi connectivity index (χ1v) is 10.2. The summed E-state index contributed by atoms with van der Waals surface area (Å²) in [4.78, 5) is 11.6. The second kappa shape index (κ2) is 9.34. The SMILES string of the molecule is CCc1nc(OC)c(CN2CCC[C@H](N)[C@@H]2c2ccccc2)c(OC(C)C)n1. The monoisotopic (exact) mass is 384 g/mol. The number of ether oxygens (including phenoxy) is 2. The number of piperidine rings is 1. The van der Waals surface area contributed by atoms with Gasteiger partial charge >= 0.3 is 0 Å². The number of aromatic nitrogens is 2. The van der Waals surface area contributed by atoms with E-state index in [1.807, 2.05) is 26.8 Å². The van der Waals surface area contributed by atoms with E-state index in [-0.39, 0.29) is 18.2 Å². The van der Waals surface area contributed by atoms with E-state index >= 15 is 0 Å². The fraction of sp³-hybridized carbons (Fsp3) is 0.545. The van der Waals surface area contributed by atoms with Crippen LogP contribution in [-0.2, 0) is 13.0 Å². The largest absolute Gasteiger partial charge is 0.481 e. The van der Waals surface area contributed by atoms with Crippen molar-refractivity contribution in [2.24, 2.45) is 5.73 Å². The Hall–Kier alpha value is -2.18. The lowest BCUT2D eigenvalue weighted by atomic mass is 9.90. The highest BCUT2D eigenvalue weighted by Gasteiger charge is 2.32. The quantitative estimate of drug-likeness (QED) is 0.788. The molecule has 0 amide bonds. The van der Waals surface area contributed by atoms with Crippen molar-refractivity contribution in [2.45, 2.75) is 64.8 Å². The van der Waals surface area contributed by atoms with Crippen molar-refractivity contribution in [1.29, 1.82) is 0 Å². The number of rotatable bonds is 7. The normalized spacial score (nSPS) is 20.4. The lowest BCUT2D eigenvalue weighted by Gasteiger charge is -2.40. The summed E-state index contributed by atoms with van der Waals surface area (Å²) in [5, 5.41) is 0. The summed E-state index contributed by atoms with van der Waals surface area (Å²) in [5.74, 6) is 1.93. The predicted molar refractivity (Wildman–Crippen MR) is 111 cm³/mol. The van der Waals surface area contributed by atoms with E-state index in [0.29, 0.717) is 18.3 Å². The minimum absolute atomic E-state index is 0.0246. The van der Waals surface area contributed by atoms with Crippen LogP contribution in [0, 0.1) is 0 Å². The smallest absolute Gasteiger partial charge is 0.225 e. The first kappa shape index (κ1) is 20.6. The van der Waals surface area contributed by atoms with Gasteiger partial charge in [0.25, 0.3) is 0 Å². The third-order valence-corrected chi connectivity index (χ3v) is 5.12. The number of methoxy groups -OCH3 is 1. The molecule has 2 N–H and O–H groups in total. The molecule has 1 saturated heterocycles. The number of nitrogens with zero attached hydrogens (tertiary/aromatic N) is 3. The van der Waals surface area contributed by atoms with Crippen molar-refractivity contribution >= 4 is 0 Å². The second-order valence-corrected chi connectivity index (χ2v) is 7.59. The van der Waals surface area contributed by atoms with E-state index in [4.69, 9.17) is 15.2 Å². The molecule has 0 saturated carbocycles. The zero-order chi connectivity index (χ0) is 20.1. The van der Waals surface area contributed by atoms with Crippen LogP contribution in [0.3, 0.4) is 0 Å². The Labute approximate surface area is 168 Å². The van der Waals surface area contributed by atoms with Gasteiger partial charge in [0.05, 0.1) is 24.8 Å². The molecule has 1 aromatic carbocycles. The molecule has 3 rings (SSSR count). The van der Waals surface area contributed by atoms with Crippen LogP contribution in [0.4, 0.5) is 0 Å². The molecule has 0 radical (unpaired) electrons. The maximum atomic E-state index is 6.55. The molecule has 2 atom stereocenters. The number of hydrogen-bond acceptors (Lipinski definition) is 6. The van der Waals surface area contributed by atoms with E-state index < -0.39 is 0 Å². The van der Waals surface area contributed by atoms with Gasteiger partial charge in [-0.2, -0.15) is 9.97 Å². The van der Waals surface area contributed by atoms with Gasteiger partial charge in [-0.3, -0.25) is 4.90 Å². The molecule has 2 heterocycles. The minimum atomic E-state index is 0.0246. The molecule has 2 aromatic rings. The molecule has 28 heavy (non-hydrogen) atoms. The maximum absolute atomic E-state index is 6.55. The summed E-state index contributed by atoms with van der Waals surface area (Å²) >= 11 is 0. The molecule has 0 bridgehead atoms. The first-order chi connectivity index (χ1) is 13.5. The summed E-state index contributed by atoms with van der Waals surface area (Å²) in [5.41, 5.74) is 8.69. The van der Waals surface area contributed by atoms with Gasteiger partial charge < -0.3 is 15.2 Å². The Morgan fingerprint density at radius 1 is 1.18 bits per heavy atom. The number of benzene rings is 1. The molecule has 1 fully saturated rings. The van der Waals surface area contributed by atoms with Gasteiger partial charge in [0, 0.05) is 19.0 Å². The molecule has 1 aliphatic heterocycles. The van der Waals surface area contributed by atoms with Crippen LogP contribution >= 0.6 is 0 Å². The van der Waals surface area contributed by atoms with E-state index in [2.05, 4.69) is 39.1 Å². The highest BCUT2D eigenvalue weighted by atomic mass is 16.5. The van der Waals surface area contributed by atoms with E-state index in [1.165, 1.54) is 5.56 Å². The standard InChI is InChI=1S/C22H32N4O2/c1-5-19-24-21(27-4)17(22(25-19)28-15(2)3)14-26-13-9-12-18(23)20(26)16-10-7-6-8-11-16/h6-8,10-11,15,18,20H,5,9,12-14,23H2,1-4H3/t18-,20-/m0/s1. The van der Waals surface area contributed by atoms with E-state index in [1.54, 1.807) is 7.11 Å². The lowest BCUT2D eigenvalue weighted by Crippen LogP contribution is -2.45. The van der Waals surface area contributed by atoms with Gasteiger partial charge in [0.15, 0.2) is 0 Å². The molecule has 0 aliphatic carbocycles. The molecule has 1 aliphatic rings. The Balaban J connectivity index is 1.98. The molecule has 0 unspecified atom stereocenters. The van der Waals surface area contributed by atoms with Crippen LogP contribution < -0.4 is 15.2 Å². The average Bonchev–Trinajstić information content (AvgIpc) is 2.69. The topological polar surface area (TPSA) is 73.5 Å². The van der Waals surface area contributed by atoms with Crippen molar-refractivity contribution in [1.82, 2.24) is 14.9 Å². The van der Waals surface area contributed by atoms with Crippen molar-refractivity contribution in [3.63, 3.8) is 0 Å². The molecule has 6 nitrogen and oxygen atoms in total. The van der Waals surface area contributed by atoms with Crippen molar-refractivity contribution < 1.29 is 9.47 Å². The summed E-state index contributed by atoms with van der Waals surface area (Å²) in [6.07, 6.45) is 2.85. The molecule has 1 aromatic heterocycles. The van der Waals surface area contributed by atoms with E-state index in [0.717, 1.165) is 37.2 Å². The number of nitrogens with two attached hydrogens (primary N) is 1. The third kappa shape index (κ3) is 4.62. The highest BCUT2D eigenvalue weighted by molar-refractivity contribution is 5.36. The Morgan fingerprint density at radius 2 is 1.89 bits per heavy atom. The zero-order valence-electron chi connectivity index (χ0n) is 17.4. The summed E-state index contributed by atoms with van der Waals surface area (Å²) in [7, 11) is 1.65. The van der Waals surface area contributed by atoms with Gasteiger partial charge in [-0.05, 0) is 38.8 Å². The summed E-state index contributed by atoms with van der Waals surface area (Å²) in [6.45, 7) is 7.65. The zero-order valence-corrected chi connectivity index (χ0v) is 17.4. The Bertz CT molecular complexity index is 767. The summed E-state index contributed by atoms with van der Waals surface area (Å²) in [6, 6.07) is 10.7. The Kier molecular flexibility index (Phi) is 6.86. The molecule has 6 heteroatoms. The highest BCUT2D eigenvalue weighted by Crippen LogP contribution is 2.35. The van der Waals surface area contributed by atoms with Crippen LogP contribution in [0.2, 0.25) is 0 Å². The summed E-state index contributed by atoms with van der Waals surface area (Å²) < 4.78 is 11.7.